The van der Waals surface area contributed by atoms with Gasteiger partial charge in [-0.15, -0.1) is 0 Å². The highest BCUT2D eigenvalue weighted by molar-refractivity contribution is 5.96. The molecule has 1 aromatic heterocycles. The second-order valence-corrected chi connectivity index (χ2v) is 5.28. The SMILES string of the molecule is Cc1ccc(NC(=O)COC(=O)c2cc(CO)oc2C)c(C)c1. The van der Waals surface area contributed by atoms with Crippen LogP contribution in [0.1, 0.15) is 33.0 Å². The summed E-state index contributed by atoms with van der Waals surface area (Å²) < 4.78 is 10.1. The monoisotopic (exact) mass is 317 g/mol. The third-order valence-electron chi connectivity index (χ3n) is 3.33. The minimum atomic E-state index is -0.665. The van der Waals surface area contributed by atoms with Crippen molar-refractivity contribution >= 4 is 17.6 Å². The van der Waals surface area contributed by atoms with Gasteiger partial charge in [-0.3, -0.25) is 4.79 Å². The standard InChI is InChI=1S/C17H19NO5/c1-10-4-5-15(11(2)6-10)18-16(20)9-22-17(21)14-7-13(8-19)23-12(14)3/h4-7,19H,8-9H2,1-3H3,(H,18,20). The van der Waals surface area contributed by atoms with Crippen LogP contribution < -0.4 is 5.32 Å². The van der Waals surface area contributed by atoms with E-state index < -0.39 is 18.5 Å². The van der Waals surface area contributed by atoms with E-state index >= 15 is 0 Å². The van der Waals surface area contributed by atoms with Crippen molar-refractivity contribution in [1.29, 1.82) is 0 Å². The summed E-state index contributed by atoms with van der Waals surface area (Å²) >= 11 is 0. The molecule has 0 radical (unpaired) electrons. The largest absolute Gasteiger partial charge is 0.463 e. The molecule has 0 aliphatic rings. The number of amides is 1. The van der Waals surface area contributed by atoms with Gasteiger partial charge in [0.2, 0.25) is 0 Å². The first kappa shape index (κ1) is 16.8. The van der Waals surface area contributed by atoms with Crippen molar-refractivity contribution in [2.75, 3.05) is 11.9 Å². The van der Waals surface area contributed by atoms with Crippen LogP contribution >= 0.6 is 0 Å². The maximum absolute atomic E-state index is 11.9. The predicted molar refractivity (Wildman–Crippen MR) is 84.2 cm³/mol. The van der Waals surface area contributed by atoms with E-state index in [-0.39, 0.29) is 17.9 Å². The highest BCUT2D eigenvalue weighted by Crippen LogP contribution is 2.17. The summed E-state index contributed by atoms with van der Waals surface area (Å²) in [6.45, 7) is 4.74. The Hall–Kier alpha value is -2.60. The van der Waals surface area contributed by atoms with Gasteiger partial charge in [0.15, 0.2) is 6.61 Å². The molecule has 0 bridgehead atoms. The van der Waals surface area contributed by atoms with Crippen molar-refractivity contribution in [3.8, 4) is 0 Å². The molecule has 0 saturated carbocycles. The van der Waals surface area contributed by atoms with Crippen molar-refractivity contribution in [2.45, 2.75) is 27.4 Å². The molecule has 1 aromatic carbocycles. The molecule has 6 nitrogen and oxygen atoms in total. The second kappa shape index (κ2) is 7.11. The van der Waals surface area contributed by atoms with E-state index in [1.165, 1.54) is 6.07 Å². The van der Waals surface area contributed by atoms with Crippen LogP contribution in [0.25, 0.3) is 0 Å². The van der Waals surface area contributed by atoms with E-state index in [4.69, 9.17) is 14.3 Å². The first-order valence-corrected chi connectivity index (χ1v) is 7.15. The molecule has 0 atom stereocenters. The number of aliphatic hydroxyl groups is 1. The molecule has 0 aliphatic heterocycles. The highest BCUT2D eigenvalue weighted by atomic mass is 16.5. The zero-order valence-electron chi connectivity index (χ0n) is 13.3. The smallest absolute Gasteiger partial charge is 0.342 e. The number of carbonyl (C=O) groups excluding carboxylic acids is 2. The number of ether oxygens (including phenoxy) is 1. The molecule has 122 valence electrons. The Balaban J connectivity index is 1.93. The maximum Gasteiger partial charge on any atom is 0.342 e. The summed E-state index contributed by atoms with van der Waals surface area (Å²) in [7, 11) is 0. The molecule has 2 aromatic rings. The van der Waals surface area contributed by atoms with Gasteiger partial charge in [0.1, 0.15) is 23.7 Å². The molecule has 0 aliphatic carbocycles. The van der Waals surface area contributed by atoms with Gasteiger partial charge in [-0.05, 0) is 38.5 Å². The van der Waals surface area contributed by atoms with Gasteiger partial charge < -0.3 is 19.6 Å². The molecule has 0 saturated heterocycles. The summed E-state index contributed by atoms with van der Waals surface area (Å²) in [6.07, 6.45) is 0. The van der Waals surface area contributed by atoms with Crippen LogP contribution in [0.3, 0.4) is 0 Å². The van der Waals surface area contributed by atoms with Crippen LogP contribution in [-0.4, -0.2) is 23.6 Å². The van der Waals surface area contributed by atoms with Crippen molar-refractivity contribution in [3.05, 3.63) is 52.5 Å². The van der Waals surface area contributed by atoms with Crippen LogP contribution in [0.5, 0.6) is 0 Å². The van der Waals surface area contributed by atoms with Crippen molar-refractivity contribution < 1.29 is 23.8 Å². The normalized spacial score (nSPS) is 10.4. The molecule has 2 rings (SSSR count). The van der Waals surface area contributed by atoms with Crippen LogP contribution in [-0.2, 0) is 16.1 Å². The lowest BCUT2D eigenvalue weighted by molar-refractivity contribution is -0.119. The number of rotatable bonds is 5. The molecule has 23 heavy (non-hydrogen) atoms. The zero-order chi connectivity index (χ0) is 17.0. The van der Waals surface area contributed by atoms with Crippen LogP contribution in [0.4, 0.5) is 5.69 Å². The van der Waals surface area contributed by atoms with Gasteiger partial charge in [-0.2, -0.15) is 0 Å². The third kappa shape index (κ3) is 4.20. The van der Waals surface area contributed by atoms with Gasteiger partial charge in [-0.1, -0.05) is 17.7 Å². The van der Waals surface area contributed by atoms with Gasteiger partial charge in [0, 0.05) is 5.69 Å². The lowest BCUT2D eigenvalue weighted by atomic mass is 10.1. The molecule has 1 amide bonds. The summed E-state index contributed by atoms with van der Waals surface area (Å²) in [5, 5.41) is 11.7. The minimum absolute atomic E-state index is 0.202. The Morgan fingerprint density at radius 2 is 1.96 bits per heavy atom. The van der Waals surface area contributed by atoms with E-state index in [1.54, 1.807) is 13.0 Å². The number of benzene rings is 1. The molecule has 0 unspecified atom stereocenters. The Bertz CT molecular complexity index is 733. The summed E-state index contributed by atoms with van der Waals surface area (Å²) in [5.41, 5.74) is 2.91. The third-order valence-corrected chi connectivity index (χ3v) is 3.33. The van der Waals surface area contributed by atoms with E-state index in [2.05, 4.69) is 5.32 Å². The number of aliphatic hydroxyl groups excluding tert-OH is 1. The number of furan rings is 1. The van der Waals surface area contributed by atoms with E-state index in [9.17, 15) is 9.59 Å². The fourth-order valence-corrected chi connectivity index (χ4v) is 2.17. The fraction of sp³-hybridized carbons (Fsp3) is 0.294. The van der Waals surface area contributed by atoms with Crippen LogP contribution in [0, 0.1) is 20.8 Å². The number of hydrogen-bond donors (Lipinski definition) is 2. The molecular weight excluding hydrogens is 298 g/mol. The number of hydrogen-bond acceptors (Lipinski definition) is 5. The van der Waals surface area contributed by atoms with Crippen LogP contribution in [0.2, 0.25) is 0 Å². The average molecular weight is 317 g/mol. The summed E-state index contributed by atoms with van der Waals surface area (Å²) in [6, 6.07) is 7.05. The van der Waals surface area contributed by atoms with Crippen molar-refractivity contribution in [2.24, 2.45) is 0 Å². The van der Waals surface area contributed by atoms with Crippen LogP contribution in [0.15, 0.2) is 28.7 Å². The maximum atomic E-state index is 11.9. The molecule has 2 N–H and O–H groups in total. The summed E-state index contributed by atoms with van der Waals surface area (Å²) in [4.78, 5) is 23.8. The molecule has 6 heteroatoms. The quantitative estimate of drug-likeness (QED) is 0.827. The molecular formula is C17H19NO5. The number of aryl methyl sites for hydroxylation is 3. The summed E-state index contributed by atoms with van der Waals surface area (Å²) in [5.74, 6) is -0.474. The van der Waals surface area contributed by atoms with Crippen molar-refractivity contribution in [1.82, 2.24) is 0 Å². The first-order chi connectivity index (χ1) is 10.9. The van der Waals surface area contributed by atoms with Gasteiger partial charge >= 0.3 is 5.97 Å². The Morgan fingerprint density at radius 1 is 1.22 bits per heavy atom. The van der Waals surface area contributed by atoms with Gasteiger partial charge in [0.05, 0.1) is 0 Å². The number of anilines is 1. The van der Waals surface area contributed by atoms with Gasteiger partial charge in [0.25, 0.3) is 5.91 Å². The lowest BCUT2D eigenvalue weighted by Gasteiger charge is -2.09. The number of nitrogens with one attached hydrogen (secondary N) is 1. The first-order valence-electron chi connectivity index (χ1n) is 7.15. The topological polar surface area (TPSA) is 88.8 Å². The van der Waals surface area contributed by atoms with Gasteiger partial charge in [-0.25, -0.2) is 4.79 Å². The Labute approximate surface area is 134 Å². The molecule has 1 heterocycles. The highest BCUT2D eigenvalue weighted by Gasteiger charge is 2.17. The second-order valence-electron chi connectivity index (χ2n) is 5.28. The van der Waals surface area contributed by atoms with Crippen molar-refractivity contribution in [3.63, 3.8) is 0 Å². The minimum Gasteiger partial charge on any atom is -0.463 e. The van der Waals surface area contributed by atoms with E-state index in [0.717, 1.165) is 11.1 Å². The fourth-order valence-electron chi connectivity index (χ4n) is 2.17. The lowest BCUT2D eigenvalue weighted by Crippen LogP contribution is -2.21. The molecule has 0 fully saturated rings. The number of carbonyl (C=O) groups is 2. The molecule has 0 spiro atoms. The Morgan fingerprint density at radius 3 is 2.57 bits per heavy atom. The number of esters is 1. The predicted octanol–water partition coefficient (Wildman–Crippen LogP) is 2.49. The average Bonchev–Trinajstić information content (AvgIpc) is 2.89. The van der Waals surface area contributed by atoms with E-state index in [1.807, 2.05) is 26.0 Å². The van der Waals surface area contributed by atoms with E-state index in [0.29, 0.717) is 11.4 Å². The Kier molecular flexibility index (Phi) is 5.18. The zero-order valence-corrected chi connectivity index (χ0v) is 13.3.